The fourth-order valence-electron chi connectivity index (χ4n) is 1.06. The van der Waals surface area contributed by atoms with E-state index in [1.807, 2.05) is 19.1 Å². The highest BCUT2D eigenvalue weighted by Crippen LogP contribution is 2.17. The molecule has 1 rings (SSSR count). The van der Waals surface area contributed by atoms with Crippen molar-refractivity contribution < 1.29 is 14.3 Å². The molecule has 0 atom stereocenters. The number of ether oxygens (including phenoxy) is 2. The molecule has 0 N–H and O–H groups in total. The molecular formula is C12H14O3. The molecule has 0 unspecified atom stereocenters. The highest BCUT2D eigenvalue weighted by atomic mass is 16.6. The lowest BCUT2D eigenvalue weighted by Crippen LogP contribution is -2.13. The van der Waals surface area contributed by atoms with Crippen LogP contribution in [0.5, 0.6) is 5.75 Å². The number of carbonyl (C=O) groups is 1. The highest BCUT2D eigenvalue weighted by Gasteiger charge is 2.11. The predicted octanol–water partition coefficient (Wildman–Crippen LogP) is 2.45. The van der Waals surface area contributed by atoms with Crippen LogP contribution in [-0.2, 0) is 9.53 Å². The molecule has 0 saturated heterocycles. The lowest BCUT2D eigenvalue weighted by Gasteiger charge is -2.08. The SMILES string of the molecule is C=C(OCC)C(=O)Oc1ccccc1C. The monoisotopic (exact) mass is 206 g/mol. The summed E-state index contributed by atoms with van der Waals surface area (Å²) in [6, 6.07) is 7.28. The zero-order chi connectivity index (χ0) is 11.3. The second-order valence-corrected chi connectivity index (χ2v) is 3.01. The summed E-state index contributed by atoms with van der Waals surface area (Å²) in [6.45, 7) is 7.53. The van der Waals surface area contributed by atoms with E-state index in [4.69, 9.17) is 9.47 Å². The number of aryl methyl sites for hydroxylation is 1. The smallest absolute Gasteiger partial charge is 0.378 e. The number of benzene rings is 1. The Kier molecular flexibility index (Phi) is 3.92. The van der Waals surface area contributed by atoms with Gasteiger partial charge in [-0.2, -0.15) is 0 Å². The van der Waals surface area contributed by atoms with Gasteiger partial charge in [0.05, 0.1) is 6.61 Å². The molecule has 0 aromatic heterocycles. The molecule has 0 amide bonds. The van der Waals surface area contributed by atoms with Crippen molar-refractivity contribution >= 4 is 5.97 Å². The molecule has 1 aromatic rings. The van der Waals surface area contributed by atoms with E-state index in [1.54, 1.807) is 19.1 Å². The van der Waals surface area contributed by atoms with Crippen molar-refractivity contribution in [3.63, 3.8) is 0 Å². The Balaban J connectivity index is 2.67. The summed E-state index contributed by atoms with van der Waals surface area (Å²) >= 11 is 0. The van der Waals surface area contributed by atoms with Crippen molar-refractivity contribution in [2.75, 3.05) is 6.61 Å². The summed E-state index contributed by atoms with van der Waals surface area (Å²) in [5, 5.41) is 0. The largest absolute Gasteiger partial charge is 0.487 e. The van der Waals surface area contributed by atoms with Gasteiger partial charge in [0.25, 0.3) is 0 Å². The van der Waals surface area contributed by atoms with Gasteiger partial charge >= 0.3 is 5.97 Å². The minimum Gasteiger partial charge on any atom is -0.487 e. The first-order valence-corrected chi connectivity index (χ1v) is 4.74. The summed E-state index contributed by atoms with van der Waals surface area (Å²) in [4.78, 5) is 11.4. The fourth-order valence-corrected chi connectivity index (χ4v) is 1.06. The van der Waals surface area contributed by atoms with Gasteiger partial charge in [-0.1, -0.05) is 18.2 Å². The number of para-hydroxylation sites is 1. The van der Waals surface area contributed by atoms with E-state index in [0.29, 0.717) is 12.4 Å². The Hall–Kier alpha value is -1.77. The van der Waals surface area contributed by atoms with Gasteiger partial charge in [0.15, 0.2) is 5.76 Å². The molecule has 0 aliphatic rings. The van der Waals surface area contributed by atoms with E-state index in [-0.39, 0.29) is 5.76 Å². The molecular weight excluding hydrogens is 192 g/mol. The molecule has 15 heavy (non-hydrogen) atoms. The maximum absolute atomic E-state index is 11.4. The molecule has 1 aromatic carbocycles. The molecule has 0 bridgehead atoms. The Labute approximate surface area is 89.3 Å². The molecule has 0 aliphatic heterocycles. The van der Waals surface area contributed by atoms with Crippen LogP contribution in [-0.4, -0.2) is 12.6 Å². The summed E-state index contributed by atoms with van der Waals surface area (Å²) in [7, 11) is 0. The zero-order valence-electron chi connectivity index (χ0n) is 8.95. The van der Waals surface area contributed by atoms with Gasteiger partial charge in [0.1, 0.15) is 5.75 Å². The van der Waals surface area contributed by atoms with Gasteiger partial charge in [0, 0.05) is 0 Å². The van der Waals surface area contributed by atoms with E-state index in [2.05, 4.69) is 6.58 Å². The normalized spacial score (nSPS) is 9.47. The maximum atomic E-state index is 11.4. The van der Waals surface area contributed by atoms with Crippen LogP contribution in [0.15, 0.2) is 36.6 Å². The quantitative estimate of drug-likeness (QED) is 0.328. The van der Waals surface area contributed by atoms with Gasteiger partial charge in [-0.15, -0.1) is 0 Å². The lowest BCUT2D eigenvalue weighted by atomic mass is 10.2. The Morgan fingerprint density at radius 1 is 1.40 bits per heavy atom. The van der Waals surface area contributed by atoms with Crippen LogP contribution in [0, 0.1) is 6.92 Å². The van der Waals surface area contributed by atoms with Gasteiger partial charge < -0.3 is 9.47 Å². The van der Waals surface area contributed by atoms with Crippen LogP contribution in [0.4, 0.5) is 0 Å². The summed E-state index contributed by atoms with van der Waals surface area (Å²) in [6.07, 6.45) is 0. The summed E-state index contributed by atoms with van der Waals surface area (Å²) < 4.78 is 10.0. The van der Waals surface area contributed by atoms with E-state index in [9.17, 15) is 4.79 Å². The number of carbonyl (C=O) groups excluding carboxylic acids is 1. The standard InChI is InChI=1S/C12H14O3/c1-4-14-10(3)12(13)15-11-8-6-5-7-9(11)2/h5-8H,3-4H2,1-2H3. The van der Waals surface area contributed by atoms with Crippen LogP contribution < -0.4 is 4.74 Å². The topological polar surface area (TPSA) is 35.5 Å². The average Bonchev–Trinajstić information content (AvgIpc) is 2.21. The molecule has 3 heteroatoms. The highest BCUT2D eigenvalue weighted by molar-refractivity contribution is 5.87. The van der Waals surface area contributed by atoms with E-state index in [1.165, 1.54) is 0 Å². The third kappa shape index (κ3) is 3.13. The maximum Gasteiger partial charge on any atom is 0.378 e. The van der Waals surface area contributed by atoms with Crippen LogP contribution in [0.1, 0.15) is 12.5 Å². The Morgan fingerprint density at radius 3 is 2.67 bits per heavy atom. The fraction of sp³-hybridized carbons (Fsp3) is 0.250. The Bertz CT molecular complexity index is 369. The zero-order valence-corrected chi connectivity index (χ0v) is 8.95. The first-order chi connectivity index (χ1) is 7.15. The molecule has 0 heterocycles. The Morgan fingerprint density at radius 2 is 2.07 bits per heavy atom. The van der Waals surface area contributed by atoms with Crippen LogP contribution in [0.25, 0.3) is 0 Å². The molecule has 0 fully saturated rings. The third-order valence-corrected chi connectivity index (χ3v) is 1.84. The van der Waals surface area contributed by atoms with Crippen molar-refractivity contribution in [3.8, 4) is 5.75 Å². The molecule has 0 aliphatic carbocycles. The first-order valence-electron chi connectivity index (χ1n) is 4.74. The van der Waals surface area contributed by atoms with Gasteiger partial charge in [-0.3, -0.25) is 0 Å². The minimum atomic E-state index is -0.550. The van der Waals surface area contributed by atoms with Crippen molar-refractivity contribution in [1.82, 2.24) is 0 Å². The number of rotatable bonds is 4. The summed E-state index contributed by atoms with van der Waals surface area (Å²) in [5.74, 6) is 0.00950. The molecule has 0 radical (unpaired) electrons. The van der Waals surface area contributed by atoms with E-state index >= 15 is 0 Å². The van der Waals surface area contributed by atoms with Crippen LogP contribution in [0.3, 0.4) is 0 Å². The number of esters is 1. The van der Waals surface area contributed by atoms with Crippen molar-refractivity contribution in [2.45, 2.75) is 13.8 Å². The van der Waals surface area contributed by atoms with Crippen LogP contribution in [0.2, 0.25) is 0 Å². The van der Waals surface area contributed by atoms with Crippen molar-refractivity contribution in [1.29, 1.82) is 0 Å². The van der Waals surface area contributed by atoms with E-state index in [0.717, 1.165) is 5.56 Å². The second kappa shape index (κ2) is 5.20. The molecule has 0 saturated carbocycles. The van der Waals surface area contributed by atoms with Gasteiger partial charge in [-0.25, -0.2) is 4.79 Å². The molecule has 80 valence electrons. The summed E-state index contributed by atoms with van der Waals surface area (Å²) in [5.41, 5.74) is 0.898. The van der Waals surface area contributed by atoms with Crippen LogP contribution >= 0.6 is 0 Å². The average molecular weight is 206 g/mol. The third-order valence-electron chi connectivity index (χ3n) is 1.84. The molecule has 3 nitrogen and oxygen atoms in total. The number of hydrogen-bond acceptors (Lipinski definition) is 3. The first kappa shape index (κ1) is 11.3. The van der Waals surface area contributed by atoms with Gasteiger partial charge in [-0.05, 0) is 32.1 Å². The lowest BCUT2D eigenvalue weighted by molar-refractivity contribution is -0.133. The van der Waals surface area contributed by atoms with E-state index < -0.39 is 5.97 Å². The molecule has 0 spiro atoms. The number of hydrogen-bond donors (Lipinski definition) is 0. The van der Waals surface area contributed by atoms with Crippen molar-refractivity contribution in [3.05, 3.63) is 42.2 Å². The second-order valence-electron chi connectivity index (χ2n) is 3.01. The predicted molar refractivity (Wildman–Crippen MR) is 57.6 cm³/mol. The van der Waals surface area contributed by atoms with Gasteiger partial charge in [0.2, 0.25) is 0 Å². The van der Waals surface area contributed by atoms with Crippen molar-refractivity contribution in [2.24, 2.45) is 0 Å². The minimum absolute atomic E-state index is 0.0285.